The van der Waals surface area contributed by atoms with Crippen LogP contribution in [0.1, 0.15) is 63.7 Å². The van der Waals surface area contributed by atoms with Gasteiger partial charge in [-0.15, -0.1) is 0 Å². The molecule has 0 bridgehead atoms. The van der Waals surface area contributed by atoms with E-state index in [0.717, 1.165) is 19.3 Å². The van der Waals surface area contributed by atoms with Gasteiger partial charge in [0.1, 0.15) is 11.5 Å². The molecule has 138 valence electrons. The van der Waals surface area contributed by atoms with Gasteiger partial charge in [-0.2, -0.15) is 0 Å². The zero-order valence-electron chi connectivity index (χ0n) is 15.7. The van der Waals surface area contributed by atoms with E-state index in [-0.39, 0.29) is 46.0 Å². The molecule has 2 aliphatic carbocycles. The van der Waals surface area contributed by atoms with Crippen molar-refractivity contribution in [3.05, 3.63) is 23.8 Å². The van der Waals surface area contributed by atoms with Crippen molar-refractivity contribution in [3.8, 4) is 11.5 Å². The summed E-state index contributed by atoms with van der Waals surface area (Å²) < 4.78 is 0. The van der Waals surface area contributed by atoms with Gasteiger partial charge in [-0.05, 0) is 54.1 Å². The van der Waals surface area contributed by atoms with Crippen molar-refractivity contribution in [3.63, 3.8) is 0 Å². The third-order valence-electron chi connectivity index (χ3n) is 7.16. The summed E-state index contributed by atoms with van der Waals surface area (Å²) in [5, 5.41) is 19.6. The third kappa shape index (κ3) is 2.95. The van der Waals surface area contributed by atoms with E-state index in [0.29, 0.717) is 11.5 Å². The molecule has 2 saturated carbocycles. The molecule has 0 spiro atoms. The fourth-order valence-electron chi connectivity index (χ4n) is 5.92. The Morgan fingerprint density at radius 2 is 1.72 bits per heavy atom. The number of carbonyl (C=O) groups is 1. The standard InChI is InChI=1S/C21H31NO3/c1-12-16(22)11-17-20(2,3)6-5-7-21(17,4)18(12)19(25)13-8-14(23)10-15(24)9-13/h8-10,12,16-18,23-24H,5-7,11,22H2,1-4H3. The van der Waals surface area contributed by atoms with Crippen LogP contribution >= 0.6 is 0 Å². The third-order valence-corrected chi connectivity index (χ3v) is 7.16. The Morgan fingerprint density at radius 3 is 2.32 bits per heavy atom. The number of hydrogen-bond donors (Lipinski definition) is 3. The lowest BCUT2D eigenvalue weighted by atomic mass is 9.45. The smallest absolute Gasteiger partial charge is 0.167 e. The number of rotatable bonds is 2. The average Bonchev–Trinajstić information content (AvgIpc) is 2.48. The second kappa shape index (κ2) is 6.01. The number of carbonyl (C=O) groups excluding carboxylic acids is 1. The van der Waals surface area contributed by atoms with E-state index in [1.54, 1.807) is 0 Å². The lowest BCUT2D eigenvalue weighted by Crippen LogP contribution is -2.59. The molecule has 3 rings (SSSR count). The number of Topliss-reactive ketones (excluding diaryl/α,β-unsaturated/α-hetero) is 1. The molecule has 2 fully saturated rings. The topological polar surface area (TPSA) is 83.6 Å². The van der Waals surface area contributed by atoms with Crippen molar-refractivity contribution < 1.29 is 15.0 Å². The number of benzene rings is 1. The molecule has 0 heterocycles. The molecule has 0 saturated heterocycles. The number of fused-ring (bicyclic) bond motifs is 1. The van der Waals surface area contributed by atoms with Crippen molar-refractivity contribution in [2.45, 2.75) is 59.4 Å². The van der Waals surface area contributed by atoms with Gasteiger partial charge in [0.2, 0.25) is 0 Å². The SMILES string of the molecule is CC1C(N)CC2C(C)(C)CCCC2(C)C1C(=O)c1cc(O)cc(O)c1. The molecule has 1 aromatic rings. The van der Waals surface area contributed by atoms with Crippen LogP contribution < -0.4 is 5.73 Å². The van der Waals surface area contributed by atoms with Crippen LogP contribution in [0.2, 0.25) is 0 Å². The van der Waals surface area contributed by atoms with Crippen molar-refractivity contribution in [1.82, 2.24) is 0 Å². The summed E-state index contributed by atoms with van der Waals surface area (Å²) >= 11 is 0. The van der Waals surface area contributed by atoms with Gasteiger partial charge in [0, 0.05) is 23.6 Å². The number of aromatic hydroxyl groups is 2. The van der Waals surface area contributed by atoms with Gasteiger partial charge in [0.05, 0.1) is 0 Å². The van der Waals surface area contributed by atoms with E-state index in [1.807, 2.05) is 0 Å². The zero-order valence-corrected chi connectivity index (χ0v) is 15.7. The first kappa shape index (κ1) is 18.2. The maximum Gasteiger partial charge on any atom is 0.167 e. The molecule has 5 atom stereocenters. The Morgan fingerprint density at radius 1 is 1.12 bits per heavy atom. The molecule has 0 radical (unpaired) electrons. The van der Waals surface area contributed by atoms with E-state index in [1.165, 1.54) is 24.6 Å². The number of phenols is 2. The summed E-state index contributed by atoms with van der Waals surface area (Å²) in [5.74, 6) is 0.122. The normalized spacial score (nSPS) is 37.3. The molecule has 0 amide bonds. The first-order valence-corrected chi connectivity index (χ1v) is 9.39. The Balaban J connectivity index is 2.06. The van der Waals surface area contributed by atoms with Crippen LogP contribution in [0.5, 0.6) is 11.5 Å². The Hall–Kier alpha value is -1.55. The van der Waals surface area contributed by atoms with Gasteiger partial charge in [-0.3, -0.25) is 4.79 Å². The quantitative estimate of drug-likeness (QED) is 0.705. The zero-order chi connectivity index (χ0) is 18.6. The van der Waals surface area contributed by atoms with Gasteiger partial charge in [0.15, 0.2) is 5.78 Å². The first-order valence-electron chi connectivity index (χ1n) is 9.39. The number of phenolic OH excluding ortho intramolecular Hbond substituents is 2. The van der Waals surface area contributed by atoms with Crippen LogP contribution in [0.3, 0.4) is 0 Å². The minimum Gasteiger partial charge on any atom is -0.508 e. The molecule has 0 aromatic heterocycles. The second-order valence-electron chi connectivity index (χ2n) is 9.24. The van der Waals surface area contributed by atoms with Crippen molar-refractivity contribution in [2.24, 2.45) is 34.3 Å². The van der Waals surface area contributed by atoms with E-state index in [9.17, 15) is 15.0 Å². The van der Waals surface area contributed by atoms with E-state index in [4.69, 9.17) is 5.73 Å². The number of nitrogens with two attached hydrogens (primary N) is 1. The Labute approximate surface area is 150 Å². The molecule has 4 heteroatoms. The van der Waals surface area contributed by atoms with Crippen molar-refractivity contribution in [1.29, 1.82) is 0 Å². The molecule has 5 unspecified atom stereocenters. The van der Waals surface area contributed by atoms with Crippen LogP contribution in [0.25, 0.3) is 0 Å². The number of ketones is 1. The lowest BCUT2D eigenvalue weighted by molar-refractivity contribution is -0.0865. The summed E-state index contributed by atoms with van der Waals surface area (Å²) in [7, 11) is 0. The van der Waals surface area contributed by atoms with Gasteiger partial charge < -0.3 is 15.9 Å². The van der Waals surface area contributed by atoms with Crippen LogP contribution in [0.15, 0.2) is 18.2 Å². The summed E-state index contributed by atoms with van der Waals surface area (Å²) in [5.41, 5.74) is 6.93. The molecule has 4 N–H and O–H groups in total. The molecule has 0 aliphatic heterocycles. The highest BCUT2D eigenvalue weighted by Gasteiger charge is 2.57. The average molecular weight is 345 g/mol. The predicted octanol–water partition coefficient (Wildman–Crippen LogP) is 4.10. The second-order valence-corrected chi connectivity index (χ2v) is 9.24. The van der Waals surface area contributed by atoms with E-state index in [2.05, 4.69) is 27.7 Å². The summed E-state index contributed by atoms with van der Waals surface area (Å²) in [6.45, 7) is 8.95. The molecule has 4 nitrogen and oxygen atoms in total. The van der Waals surface area contributed by atoms with Crippen LogP contribution in [-0.4, -0.2) is 22.0 Å². The molecule has 2 aliphatic rings. The van der Waals surface area contributed by atoms with Gasteiger partial charge >= 0.3 is 0 Å². The van der Waals surface area contributed by atoms with Gasteiger partial charge in [-0.1, -0.05) is 34.1 Å². The maximum atomic E-state index is 13.5. The number of hydrogen-bond acceptors (Lipinski definition) is 4. The van der Waals surface area contributed by atoms with Crippen molar-refractivity contribution in [2.75, 3.05) is 0 Å². The molecule has 1 aromatic carbocycles. The summed E-state index contributed by atoms with van der Waals surface area (Å²) in [6, 6.07) is 4.17. The predicted molar refractivity (Wildman–Crippen MR) is 98.6 cm³/mol. The first-order chi connectivity index (χ1) is 11.6. The highest BCUT2D eigenvalue weighted by molar-refractivity contribution is 5.99. The summed E-state index contributed by atoms with van der Waals surface area (Å²) in [6.07, 6.45) is 4.28. The van der Waals surface area contributed by atoms with Crippen LogP contribution in [0, 0.1) is 28.6 Å². The van der Waals surface area contributed by atoms with Crippen LogP contribution in [0.4, 0.5) is 0 Å². The van der Waals surface area contributed by atoms with Crippen molar-refractivity contribution >= 4 is 5.78 Å². The van der Waals surface area contributed by atoms with Crippen LogP contribution in [-0.2, 0) is 0 Å². The minimum atomic E-state index is -0.193. The molecular formula is C21H31NO3. The Bertz CT molecular complexity index is 663. The highest BCUT2D eigenvalue weighted by Crippen LogP contribution is 2.61. The van der Waals surface area contributed by atoms with Gasteiger partial charge in [0.25, 0.3) is 0 Å². The fourth-order valence-corrected chi connectivity index (χ4v) is 5.92. The largest absolute Gasteiger partial charge is 0.508 e. The van der Waals surface area contributed by atoms with Gasteiger partial charge in [-0.25, -0.2) is 0 Å². The Kier molecular flexibility index (Phi) is 4.39. The monoisotopic (exact) mass is 345 g/mol. The highest BCUT2D eigenvalue weighted by atomic mass is 16.3. The molecule has 25 heavy (non-hydrogen) atoms. The molecular weight excluding hydrogens is 314 g/mol. The van der Waals surface area contributed by atoms with E-state index >= 15 is 0 Å². The van der Waals surface area contributed by atoms with E-state index < -0.39 is 0 Å². The fraction of sp³-hybridized carbons (Fsp3) is 0.667. The maximum absolute atomic E-state index is 13.5. The lowest BCUT2D eigenvalue weighted by Gasteiger charge is -2.60. The minimum absolute atomic E-state index is 0.000880. The summed E-state index contributed by atoms with van der Waals surface area (Å²) in [4.78, 5) is 13.5.